The minimum atomic E-state index is 0.0231. The van der Waals surface area contributed by atoms with E-state index in [1.807, 2.05) is 29.2 Å². The smallest absolute Gasteiger partial charge is 0.237 e. The van der Waals surface area contributed by atoms with Crippen molar-refractivity contribution in [2.45, 2.75) is 18.8 Å². The summed E-state index contributed by atoms with van der Waals surface area (Å²) in [5, 5.41) is 8.76. The highest BCUT2D eigenvalue weighted by atomic mass is 35.5. The van der Waals surface area contributed by atoms with Gasteiger partial charge in [0.2, 0.25) is 5.91 Å². The lowest BCUT2D eigenvalue weighted by molar-refractivity contribution is -0.129. The summed E-state index contributed by atoms with van der Waals surface area (Å²) < 4.78 is 0. The molecule has 2 rings (SSSR count). The van der Waals surface area contributed by atoms with Gasteiger partial charge in [-0.05, 0) is 36.5 Å². The molecule has 3 nitrogen and oxygen atoms in total. The molecule has 0 aromatic heterocycles. The predicted molar refractivity (Wildman–Crippen MR) is 70.4 cm³/mol. The van der Waals surface area contributed by atoms with E-state index in [0.717, 1.165) is 25.9 Å². The lowest BCUT2D eigenvalue weighted by atomic mass is 9.89. The van der Waals surface area contributed by atoms with Gasteiger partial charge in [0.05, 0.1) is 11.6 Å². The summed E-state index contributed by atoms with van der Waals surface area (Å²) in [7, 11) is 0. The predicted octanol–water partition coefficient (Wildman–Crippen LogP) is 2.50. The van der Waals surface area contributed by atoms with Crippen LogP contribution in [-0.4, -0.2) is 29.8 Å². The van der Waals surface area contributed by atoms with Crippen LogP contribution in [-0.2, 0) is 4.79 Å². The molecule has 0 saturated carbocycles. The van der Waals surface area contributed by atoms with Crippen LogP contribution in [0.25, 0.3) is 0 Å². The Kier molecular flexibility index (Phi) is 4.22. The number of alkyl halides is 1. The van der Waals surface area contributed by atoms with E-state index in [9.17, 15) is 4.79 Å². The van der Waals surface area contributed by atoms with E-state index < -0.39 is 0 Å². The number of carbonyl (C=O) groups excluding carboxylic acids is 1. The van der Waals surface area contributed by atoms with Gasteiger partial charge in [0.15, 0.2) is 0 Å². The van der Waals surface area contributed by atoms with E-state index in [-0.39, 0.29) is 11.8 Å². The molecule has 0 atom stereocenters. The molecule has 0 N–H and O–H groups in total. The minimum Gasteiger partial charge on any atom is -0.342 e. The van der Waals surface area contributed by atoms with Crippen molar-refractivity contribution in [1.29, 1.82) is 5.26 Å². The van der Waals surface area contributed by atoms with E-state index in [1.165, 1.54) is 5.56 Å². The van der Waals surface area contributed by atoms with Crippen LogP contribution in [0, 0.1) is 11.3 Å². The number of rotatable bonds is 2. The Balaban J connectivity index is 1.97. The van der Waals surface area contributed by atoms with Crippen molar-refractivity contribution < 1.29 is 4.79 Å². The Labute approximate surface area is 112 Å². The zero-order valence-electron chi connectivity index (χ0n) is 10.1. The number of hydrogen-bond acceptors (Lipinski definition) is 2. The highest BCUT2D eigenvalue weighted by Crippen LogP contribution is 2.28. The van der Waals surface area contributed by atoms with Gasteiger partial charge in [-0.2, -0.15) is 5.26 Å². The molecule has 1 aromatic carbocycles. The van der Waals surface area contributed by atoms with Crippen molar-refractivity contribution in [2.24, 2.45) is 0 Å². The number of halogens is 1. The summed E-state index contributed by atoms with van der Waals surface area (Å²) in [6.45, 7) is 1.55. The quantitative estimate of drug-likeness (QED) is 0.769. The van der Waals surface area contributed by atoms with E-state index in [4.69, 9.17) is 16.9 Å². The molecule has 1 amide bonds. The van der Waals surface area contributed by atoms with Crippen LogP contribution < -0.4 is 0 Å². The topological polar surface area (TPSA) is 44.1 Å². The van der Waals surface area contributed by atoms with Gasteiger partial charge in [-0.15, -0.1) is 11.6 Å². The van der Waals surface area contributed by atoms with Gasteiger partial charge in [-0.3, -0.25) is 4.79 Å². The number of benzene rings is 1. The fraction of sp³-hybridized carbons (Fsp3) is 0.429. The van der Waals surface area contributed by atoms with Gasteiger partial charge < -0.3 is 4.90 Å². The first kappa shape index (κ1) is 12.9. The number of amides is 1. The normalized spacial score (nSPS) is 16.3. The first-order valence-corrected chi connectivity index (χ1v) is 6.62. The second kappa shape index (κ2) is 5.88. The number of nitrogens with zero attached hydrogens (tertiary/aromatic N) is 2. The SMILES string of the molecule is N#Cc1ccc(C2CCN(C(=O)CCl)CC2)cc1. The van der Waals surface area contributed by atoms with Crippen LogP contribution in [0.3, 0.4) is 0 Å². The van der Waals surface area contributed by atoms with Gasteiger partial charge >= 0.3 is 0 Å². The van der Waals surface area contributed by atoms with E-state index in [0.29, 0.717) is 11.5 Å². The molecular weight excluding hydrogens is 248 g/mol. The zero-order valence-corrected chi connectivity index (χ0v) is 10.9. The molecular formula is C14H15ClN2O. The molecule has 4 heteroatoms. The van der Waals surface area contributed by atoms with Gasteiger partial charge in [-0.25, -0.2) is 0 Å². The van der Waals surface area contributed by atoms with Crippen LogP contribution in [0.15, 0.2) is 24.3 Å². The van der Waals surface area contributed by atoms with Crippen LogP contribution in [0.1, 0.15) is 29.9 Å². The highest BCUT2D eigenvalue weighted by molar-refractivity contribution is 6.27. The molecule has 0 spiro atoms. The van der Waals surface area contributed by atoms with Crippen molar-refractivity contribution in [3.05, 3.63) is 35.4 Å². The van der Waals surface area contributed by atoms with Crippen molar-refractivity contribution >= 4 is 17.5 Å². The van der Waals surface area contributed by atoms with Crippen molar-refractivity contribution in [3.8, 4) is 6.07 Å². The number of piperidine rings is 1. The Morgan fingerprint density at radius 2 is 1.94 bits per heavy atom. The lowest BCUT2D eigenvalue weighted by Gasteiger charge is -2.31. The zero-order chi connectivity index (χ0) is 13.0. The van der Waals surface area contributed by atoms with Gasteiger partial charge in [0.1, 0.15) is 5.88 Å². The summed E-state index contributed by atoms with van der Waals surface area (Å²) in [6.07, 6.45) is 1.93. The molecule has 1 heterocycles. The monoisotopic (exact) mass is 262 g/mol. The van der Waals surface area contributed by atoms with Crippen LogP contribution in [0.4, 0.5) is 0 Å². The molecule has 94 valence electrons. The maximum absolute atomic E-state index is 11.5. The third-order valence-corrected chi connectivity index (χ3v) is 3.70. The van der Waals surface area contributed by atoms with Gasteiger partial charge in [0, 0.05) is 13.1 Å². The number of nitriles is 1. The molecule has 0 bridgehead atoms. The lowest BCUT2D eigenvalue weighted by Crippen LogP contribution is -2.38. The molecule has 1 aromatic rings. The molecule has 0 radical (unpaired) electrons. The molecule has 0 aliphatic carbocycles. The Morgan fingerprint density at radius 1 is 1.33 bits per heavy atom. The minimum absolute atomic E-state index is 0.0231. The van der Waals surface area contributed by atoms with Crippen LogP contribution >= 0.6 is 11.6 Å². The van der Waals surface area contributed by atoms with E-state index >= 15 is 0 Å². The second-order valence-corrected chi connectivity index (χ2v) is 4.79. The Bertz CT molecular complexity index is 456. The molecule has 0 unspecified atom stereocenters. The average molecular weight is 263 g/mol. The highest BCUT2D eigenvalue weighted by Gasteiger charge is 2.23. The third-order valence-electron chi connectivity index (χ3n) is 3.47. The first-order chi connectivity index (χ1) is 8.74. The molecule has 1 saturated heterocycles. The second-order valence-electron chi connectivity index (χ2n) is 4.52. The summed E-state index contributed by atoms with van der Waals surface area (Å²) >= 11 is 5.55. The van der Waals surface area contributed by atoms with Crippen LogP contribution in [0.2, 0.25) is 0 Å². The number of likely N-dealkylation sites (tertiary alicyclic amines) is 1. The maximum Gasteiger partial charge on any atom is 0.237 e. The molecule has 1 aliphatic heterocycles. The Morgan fingerprint density at radius 3 is 2.44 bits per heavy atom. The fourth-order valence-electron chi connectivity index (χ4n) is 2.38. The van der Waals surface area contributed by atoms with E-state index in [1.54, 1.807) is 0 Å². The maximum atomic E-state index is 11.5. The van der Waals surface area contributed by atoms with Crippen LogP contribution in [0.5, 0.6) is 0 Å². The van der Waals surface area contributed by atoms with Crippen molar-refractivity contribution in [3.63, 3.8) is 0 Å². The average Bonchev–Trinajstić information content (AvgIpc) is 2.47. The number of carbonyl (C=O) groups is 1. The Hall–Kier alpha value is -1.53. The molecule has 18 heavy (non-hydrogen) atoms. The van der Waals surface area contributed by atoms with Crippen molar-refractivity contribution in [2.75, 3.05) is 19.0 Å². The third kappa shape index (κ3) is 2.83. The fourth-order valence-corrected chi connectivity index (χ4v) is 2.55. The molecule has 1 fully saturated rings. The van der Waals surface area contributed by atoms with Gasteiger partial charge in [-0.1, -0.05) is 12.1 Å². The summed E-state index contributed by atoms with van der Waals surface area (Å²) in [6, 6.07) is 9.86. The number of hydrogen-bond donors (Lipinski definition) is 0. The molecule has 1 aliphatic rings. The van der Waals surface area contributed by atoms with Crippen molar-refractivity contribution in [1.82, 2.24) is 4.90 Å². The summed E-state index contributed by atoms with van der Waals surface area (Å²) in [5.74, 6) is 0.578. The van der Waals surface area contributed by atoms with Gasteiger partial charge in [0.25, 0.3) is 0 Å². The first-order valence-electron chi connectivity index (χ1n) is 6.08. The largest absolute Gasteiger partial charge is 0.342 e. The summed E-state index contributed by atoms with van der Waals surface area (Å²) in [4.78, 5) is 13.3. The standard InChI is InChI=1S/C14H15ClN2O/c15-9-14(18)17-7-5-13(6-8-17)12-3-1-11(10-16)2-4-12/h1-4,13H,5-9H2. The van der Waals surface area contributed by atoms with E-state index in [2.05, 4.69) is 6.07 Å². The summed E-state index contributed by atoms with van der Waals surface area (Å²) in [5.41, 5.74) is 1.94.